The molecule has 0 amide bonds. The highest BCUT2D eigenvalue weighted by Gasteiger charge is 2.22. The van der Waals surface area contributed by atoms with Gasteiger partial charge in [-0.15, -0.1) is 11.8 Å². The van der Waals surface area contributed by atoms with Crippen molar-refractivity contribution in [1.29, 1.82) is 0 Å². The van der Waals surface area contributed by atoms with Crippen LogP contribution in [-0.2, 0) is 20.9 Å². The Morgan fingerprint density at radius 1 is 1.07 bits per heavy atom. The summed E-state index contributed by atoms with van der Waals surface area (Å²) in [5, 5.41) is 0.483. The Hall–Kier alpha value is -2.86. The van der Waals surface area contributed by atoms with Gasteiger partial charge in [0.1, 0.15) is 11.9 Å². The van der Waals surface area contributed by atoms with Crippen molar-refractivity contribution in [3.8, 4) is 0 Å². The summed E-state index contributed by atoms with van der Waals surface area (Å²) in [4.78, 5) is 30.3. The molecule has 2 aromatic carbocycles. The van der Waals surface area contributed by atoms with Crippen LogP contribution in [0.25, 0.3) is 10.9 Å². The number of ether oxygens (including phenoxy) is 2. The number of methoxy groups -OCH3 is 1. The van der Waals surface area contributed by atoms with Crippen LogP contribution in [0.3, 0.4) is 0 Å². The zero-order valence-electron chi connectivity index (χ0n) is 16.0. The van der Waals surface area contributed by atoms with Gasteiger partial charge in [-0.1, -0.05) is 36.4 Å². The molecule has 3 rings (SSSR count). The van der Waals surface area contributed by atoms with E-state index >= 15 is 0 Å². The van der Waals surface area contributed by atoms with E-state index in [1.165, 1.54) is 18.9 Å². The third-order valence-electron chi connectivity index (χ3n) is 4.36. The van der Waals surface area contributed by atoms with Crippen LogP contribution in [0.1, 0.15) is 28.5 Å². The number of carbonyl (C=O) groups is 2. The fourth-order valence-electron chi connectivity index (χ4n) is 2.93. The van der Waals surface area contributed by atoms with Gasteiger partial charge in [-0.2, -0.15) is 0 Å². The van der Waals surface area contributed by atoms with Crippen LogP contribution in [0.4, 0.5) is 0 Å². The number of fused-ring (bicyclic) bond motifs is 1. The summed E-state index contributed by atoms with van der Waals surface area (Å²) < 4.78 is 10.4. The van der Waals surface area contributed by atoms with E-state index in [1.807, 2.05) is 61.5 Å². The van der Waals surface area contributed by atoms with E-state index in [0.717, 1.165) is 21.4 Å². The fraction of sp³-hybridized carbons (Fsp3) is 0.227. The molecule has 28 heavy (non-hydrogen) atoms. The SMILES string of the molecule is COC(=O)c1c(COC(=O)[C@H](C)Sc2ccccc2)nc2ccccc2c1C. The van der Waals surface area contributed by atoms with Gasteiger partial charge in [-0.3, -0.25) is 4.79 Å². The van der Waals surface area contributed by atoms with Gasteiger partial charge in [0.25, 0.3) is 0 Å². The molecule has 0 bridgehead atoms. The third kappa shape index (κ3) is 4.34. The molecule has 6 heteroatoms. The summed E-state index contributed by atoms with van der Waals surface area (Å²) >= 11 is 1.42. The van der Waals surface area contributed by atoms with Crippen LogP contribution >= 0.6 is 11.8 Å². The smallest absolute Gasteiger partial charge is 0.340 e. The maximum atomic E-state index is 12.4. The number of benzene rings is 2. The van der Waals surface area contributed by atoms with Crippen LogP contribution in [0, 0.1) is 6.92 Å². The maximum absolute atomic E-state index is 12.4. The number of thioether (sulfide) groups is 1. The van der Waals surface area contributed by atoms with Crippen molar-refractivity contribution in [3.05, 3.63) is 71.4 Å². The minimum Gasteiger partial charge on any atom is -0.465 e. The van der Waals surface area contributed by atoms with Gasteiger partial charge in [0.15, 0.2) is 0 Å². The van der Waals surface area contributed by atoms with Crippen molar-refractivity contribution in [2.45, 2.75) is 30.6 Å². The van der Waals surface area contributed by atoms with Crippen molar-refractivity contribution in [2.75, 3.05) is 7.11 Å². The van der Waals surface area contributed by atoms with Crippen molar-refractivity contribution in [1.82, 2.24) is 4.98 Å². The van der Waals surface area contributed by atoms with Crippen LogP contribution < -0.4 is 0 Å². The van der Waals surface area contributed by atoms with Crippen LogP contribution in [-0.4, -0.2) is 29.3 Å². The zero-order chi connectivity index (χ0) is 20.1. The number of para-hydroxylation sites is 1. The molecule has 0 unspecified atom stereocenters. The predicted octanol–water partition coefficient (Wildman–Crippen LogP) is 4.55. The number of esters is 2. The summed E-state index contributed by atoms with van der Waals surface area (Å²) in [6.07, 6.45) is 0. The molecular formula is C22H21NO4S. The number of hydrogen-bond acceptors (Lipinski definition) is 6. The van der Waals surface area contributed by atoms with Crippen LogP contribution in [0.2, 0.25) is 0 Å². The highest BCUT2D eigenvalue weighted by atomic mass is 32.2. The van der Waals surface area contributed by atoms with E-state index in [4.69, 9.17) is 9.47 Å². The van der Waals surface area contributed by atoms with Crippen molar-refractivity contribution in [2.24, 2.45) is 0 Å². The highest BCUT2D eigenvalue weighted by molar-refractivity contribution is 8.00. The Bertz CT molecular complexity index is 1000. The monoisotopic (exact) mass is 395 g/mol. The quantitative estimate of drug-likeness (QED) is 0.450. The van der Waals surface area contributed by atoms with E-state index < -0.39 is 5.97 Å². The van der Waals surface area contributed by atoms with Gasteiger partial charge < -0.3 is 9.47 Å². The minimum atomic E-state index is -0.492. The molecule has 0 fully saturated rings. The first-order valence-electron chi connectivity index (χ1n) is 8.86. The molecule has 1 heterocycles. The Morgan fingerprint density at radius 2 is 1.75 bits per heavy atom. The summed E-state index contributed by atoms with van der Waals surface area (Å²) in [7, 11) is 1.32. The first kappa shape index (κ1) is 19.9. The largest absolute Gasteiger partial charge is 0.465 e. The second kappa shape index (κ2) is 8.89. The normalized spacial score (nSPS) is 11.8. The maximum Gasteiger partial charge on any atom is 0.340 e. The molecule has 0 saturated heterocycles. The van der Waals surface area contributed by atoms with Gasteiger partial charge in [0.2, 0.25) is 0 Å². The molecule has 0 spiro atoms. The highest BCUT2D eigenvalue weighted by Crippen LogP contribution is 2.26. The second-order valence-corrected chi connectivity index (χ2v) is 7.66. The van der Waals surface area contributed by atoms with E-state index in [9.17, 15) is 9.59 Å². The molecule has 3 aromatic rings. The molecule has 1 aromatic heterocycles. The molecule has 5 nitrogen and oxygen atoms in total. The number of carbonyl (C=O) groups excluding carboxylic acids is 2. The Morgan fingerprint density at radius 3 is 2.46 bits per heavy atom. The van der Waals surface area contributed by atoms with Gasteiger partial charge >= 0.3 is 11.9 Å². The predicted molar refractivity (Wildman–Crippen MR) is 109 cm³/mol. The van der Waals surface area contributed by atoms with E-state index in [2.05, 4.69) is 4.98 Å². The molecular weight excluding hydrogens is 374 g/mol. The lowest BCUT2D eigenvalue weighted by molar-refractivity contribution is -0.144. The number of nitrogens with zero attached hydrogens (tertiary/aromatic N) is 1. The van der Waals surface area contributed by atoms with Crippen molar-refractivity contribution in [3.63, 3.8) is 0 Å². The first-order valence-corrected chi connectivity index (χ1v) is 9.74. The molecule has 1 atom stereocenters. The third-order valence-corrected chi connectivity index (χ3v) is 5.45. The van der Waals surface area contributed by atoms with Gasteiger partial charge in [-0.05, 0) is 37.6 Å². The summed E-state index contributed by atoms with van der Waals surface area (Å²) in [5.74, 6) is -0.856. The standard InChI is InChI=1S/C22H21NO4S/c1-14-17-11-7-8-12-18(17)23-19(20(14)22(25)26-3)13-27-21(24)15(2)28-16-9-5-4-6-10-16/h4-12,15H,13H2,1-3H3/t15-/m0/s1. The lowest BCUT2D eigenvalue weighted by Gasteiger charge is -2.15. The summed E-state index contributed by atoms with van der Waals surface area (Å²) in [5.41, 5.74) is 2.24. The van der Waals surface area contributed by atoms with Crippen molar-refractivity contribution < 1.29 is 19.1 Å². The van der Waals surface area contributed by atoms with E-state index in [1.54, 1.807) is 6.92 Å². The number of hydrogen-bond donors (Lipinski definition) is 0. The van der Waals surface area contributed by atoms with Crippen LogP contribution in [0.5, 0.6) is 0 Å². The Labute approximate surface area is 168 Å². The van der Waals surface area contributed by atoms with Gasteiger partial charge in [0.05, 0.1) is 23.9 Å². The Balaban J connectivity index is 1.81. The van der Waals surface area contributed by atoms with Gasteiger partial charge in [0, 0.05) is 10.3 Å². The average molecular weight is 395 g/mol. The number of pyridine rings is 1. The van der Waals surface area contributed by atoms with E-state index in [-0.39, 0.29) is 17.8 Å². The molecule has 0 saturated carbocycles. The van der Waals surface area contributed by atoms with Gasteiger partial charge in [-0.25, -0.2) is 9.78 Å². The second-order valence-electron chi connectivity index (χ2n) is 6.25. The fourth-order valence-corrected chi connectivity index (χ4v) is 3.81. The van der Waals surface area contributed by atoms with Crippen LogP contribution in [0.15, 0.2) is 59.5 Å². The molecule has 144 valence electrons. The number of aryl methyl sites for hydroxylation is 1. The lowest BCUT2D eigenvalue weighted by Crippen LogP contribution is -2.19. The molecule has 0 N–H and O–H groups in total. The zero-order valence-corrected chi connectivity index (χ0v) is 16.8. The number of rotatable bonds is 6. The molecule has 0 aliphatic carbocycles. The molecule has 0 aliphatic rings. The lowest BCUT2D eigenvalue weighted by atomic mass is 10.0. The first-order chi connectivity index (χ1) is 13.5. The summed E-state index contributed by atoms with van der Waals surface area (Å²) in [6, 6.07) is 17.2. The Kier molecular flexibility index (Phi) is 6.31. The minimum absolute atomic E-state index is 0.0887. The molecule has 0 radical (unpaired) electrons. The summed E-state index contributed by atoms with van der Waals surface area (Å²) in [6.45, 7) is 3.55. The van der Waals surface area contributed by atoms with E-state index in [0.29, 0.717) is 11.3 Å². The topological polar surface area (TPSA) is 65.5 Å². The number of aromatic nitrogens is 1. The van der Waals surface area contributed by atoms with Crippen molar-refractivity contribution >= 4 is 34.6 Å². The average Bonchev–Trinajstić information content (AvgIpc) is 2.72. The molecule has 0 aliphatic heterocycles.